The first kappa shape index (κ1) is 30.2. The molecule has 10 nitrogen and oxygen atoms in total. The van der Waals surface area contributed by atoms with Crippen LogP contribution in [0, 0.1) is 5.92 Å². The standard InChI is InChI=1S/C34H33N7O3S/c42-31(38-21-23-5-2-1-3-6-23)27-8-4-7-26(17-27)29-10-9-25(22-37-29)20-35-19-24-12-15-41(16-13-24)33-36-14-11-28(39-33)18-30-32(43)40-34(44)45-30/h1-11,14,17-18,22,24,35H,12-13,15-16,19-21H2,(H,38,42)(H,40,43,44). The molecule has 2 fully saturated rings. The molecular weight excluding hydrogens is 586 g/mol. The minimum Gasteiger partial charge on any atom is -0.348 e. The van der Waals surface area contributed by atoms with Crippen molar-refractivity contribution in [2.24, 2.45) is 5.92 Å². The predicted octanol–water partition coefficient (Wildman–Crippen LogP) is 4.80. The van der Waals surface area contributed by atoms with E-state index in [2.05, 4.69) is 41.9 Å². The molecule has 2 aromatic heterocycles. The molecule has 228 valence electrons. The Balaban J connectivity index is 0.954. The molecule has 0 aliphatic carbocycles. The van der Waals surface area contributed by atoms with Gasteiger partial charge in [-0.1, -0.05) is 48.5 Å². The third-order valence-corrected chi connectivity index (χ3v) is 8.60. The second kappa shape index (κ2) is 14.3. The maximum absolute atomic E-state index is 12.7. The summed E-state index contributed by atoms with van der Waals surface area (Å²) < 4.78 is 0. The van der Waals surface area contributed by atoms with Crippen molar-refractivity contribution in [3.8, 4) is 11.3 Å². The van der Waals surface area contributed by atoms with Gasteiger partial charge in [-0.3, -0.25) is 24.7 Å². The molecule has 0 spiro atoms. The molecule has 2 aromatic carbocycles. The van der Waals surface area contributed by atoms with Crippen molar-refractivity contribution in [2.45, 2.75) is 25.9 Å². The molecule has 4 heterocycles. The number of benzene rings is 2. The highest BCUT2D eigenvalue weighted by Gasteiger charge is 2.26. The molecule has 3 N–H and O–H groups in total. The lowest BCUT2D eigenvalue weighted by molar-refractivity contribution is -0.115. The van der Waals surface area contributed by atoms with E-state index in [1.807, 2.05) is 66.9 Å². The normalized spacial score (nSPS) is 16.2. The monoisotopic (exact) mass is 619 g/mol. The highest BCUT2D eigenvalue weighted by Crippen LogP contribution is 2.26. The molecule has 2 aliphatic heterocycles. The van der Waals surface area contributed by atoms with Crippen molar-refractivity contribution in [3.63, 3.8) is 0 Å². The Morgan fingerprint density at radius 3 is 2.56 bits per heavy atom. The number of nitrogens with one attached hydrogen (secondary N) is 3. The summed E-state index contributed by atoms with van der Waals surface area (Å²) in [5, 5.41) is 8.45. The molecule has 3 amide bonds. The van der Waals surface area contributed by atoms with Crippen molar-refractivity contribution >= 4 is 40.8 Å². The SMILES string of the molecule is O=C1NC(=O)C(=Cc2ccnc(N3CCC(CNCc4ccc(-c5cccc(C(=O)NCc6ccccc6)c5)nc4)CC3)n2)S1. The first-order valence-corrected chi connectivity index (χ1v) is 15.7. The number of pyridine rings is 1. The van der Waals surface area contributed by atoms with Gasteiger partial charge in [-0.15, -0.1) is 0 Å². The Kier molecular flexibility index (Phi) is 9.57. The van der Waals surface area contributed by atoms with Gasteiger partial charge in [-0.25, -0.2) is 9.97 Å². The molecule has 2 saturated heterocycles. The van der Waals surface area contributed by atoms with E-state index in [0.717, 1.165) is 73.2 Å². The number of nitrogens with zero attached hydrogens (tertiary/aromatic N) is 4. The Morgan fingerprint density at radius 2 is 1.80 bits per heavy atom. The van der Waals surface area contributed by atoms with Crippen molar-refractivity contribution in [3.05, 3.63) is 112 Å². The number of amides is 3. The van der Waals surface area contributed by atoms with Crippen LogP contribution in [0.4, 0.5) is 10.7 Å². The summed E-state index contributed by atoms with van der Waals surface area (Å²) in [6.45, 7) is 3.81. The van der Waals surface area contributed by atoms with Crippen LogP contribution in [0.2, 0.25) is 0 Å². The summed E-state index contributed by atoms with van der Waals surface area (Å²) >= 11 is 0.881. The van der Waals surface area contributed by atoms with E-state index < -0.39 is 5.91 Å². The van der Waals surface area contributed by atoms with Gasteiger partial charge in [-0.2, -0.15) is 0 Å². The van der Waals surface area contributed by atoms with Crippen molar-refractivity contribution in [2.75, 3.05) is 24.5 Å². The molecular formula is C34H33N7O3S. The number of carbonyl (C=O) groups is 3. The Labute approximate surface area is 265 Å². The summed E-state index contributed by atoms with van der Waals surface area (Å²) in [5.74, 6) is 0.670. The van der Waals surface area contributed by atoms with Crippen molar-refractivity contribution in [1.82, 2.24) is 30.9 Å². The van der Waals surface area contributed by atoms with Crippen LogP contribution in [0.1, 0.15) is 40.0 Å². The molecule has 6 rings (SSSR count). The van der Waals surface area contributed by atoms with E-state index in [1.165, 1.54) is 0 Å². The van der Waals surface area contributed by atoms with Gasteiger partial charge in [0.1, 0.15) is 0 Å². The summed E-state index contributed by atoms with van der Waals surface area (Å²) in [5.41, 5.74) is 5.09. The highest BCUT2D eigenvalue weighted by atomic mass is 32.2. The van der Waals surface area contributed by atoms with Gasteiger partial charge in [0, 0.05) is 49.7 Å². The van der Waals surface area contributed by atoms with Gasteiger partial charge < -0.3 is 15.5 Å². The van der Waals surface area contributed by atoms with Gasteiger partial charge in [0.15, 0.2) is 0 Å². The fourth-order valence-electron chi connectivity index (χ4n) is 5.31. The number of rotatable bonds is 10. The van der Waals surface area contributed by atoms with Crippen LogP contribution in [0.25, 0.3) is 17.3 Å². The maximum atomic E-state index is 12.7. The van der Waals surface area contributed by atoms with Crippen LogP contribution in [-0.4, -0.2) is 51.6 Å². The number of piperidine rings is 1. The molecule has 2 aliphatic rings. The van der Waals surface area contributed by atoms with E-state index in [1.54, 1.807) is 18.3 Å². The molecule has 11 heteroatoms. The second-order valence-corrected chi connectivity index (χ2v) is 12.0. The molecule has 4 aromatic rings. The molecule has 0 saturated carbocycles. The smallest absolute Gasteiger partial charge is 0.290 e. The van der Waals surface area contributed by atoms with E-state index in [-0.39, 0.29) is 11.1 Å². The zero-order chi connectivity index (χ0) is 31.0. The van der Waals surface area contributed by atoms with Crippen molar-refractivity contribution < 1.29 is 14.4 Å². The lowest BCUT2D eigenvalue weighted by Crippen LogP contribution is -2.38. The van der Waals surface area contributed by atoms with Gasteiger partial charge in [-0.05, 0) is 78.5 Å². The van der Waals surface area contributed by atoms with Gasteiger partial charge >= 0.3 is 0 Å². The predicted molar refractivity (Wildman–Crippen MR) is 175 cm³/mol. The average molecular weight is 620 g/mol. The third kappa shape index (κ3) is 8.00. The van der Waals surface area contributed by atoms with Crippen LogP contribution in [-0.2, 0) is 17.9 Å². The largest absolute Gasteiger partial charge is 0.348 e. The minimum atomic E-state index is -0.392. The van der Waals surface area contributed by atoms with Crippen LogP contribution < -0.4 is 20.9 Å². The number of hydrogen-bond donors (Lipinski definition) is 3. The fraction of sp³-hybridized carbons (Fsp3) is 0.235. The van der Waals surface area contributed by atoms with E-state index in [0.29, 0.717) is 34.6 Å². The quantitative estimate of drug-likeness (QED) is 0.215. The van der Waals surface area contributed by atoms with Crippen LogP contribution in [0.3, 0.4) is 0 Å². The topological polar surface area (TPSA) is 129 Å². The molecule has 0 bridgehead atoms. The lowest BCUT2D eigenvalue weighted by atomic mass is 9.97. The van der Waals surface area contributed by atoms with E-state index in [4.69, 9.17) is 0 Å². The molecule has 0 atom stereocenters. The van der Waals surface area contributed by atoms with Crippen molar-refractivity contribution in [1.29, 1.82) is 0 Å². The Hall–Kier alpha value is -4.87. The minimum absolute atomic E-state index is 0.112. The number of thioether (sulfide) groups is 1. The highest BCUT2D eigenvalue weighted by molar-refractivity contribution is 8.18. The van der Waals surface area contributed by atoms with Crippen LogP contribution in [0.5, 0.6) is 0 Å². The number of aromatic nitrogens is 3. The Bertz CT molecular complexity index is 1700. The van der Waals surface area contributed by atoms with E-state index >= 15 is 0 Å². The molecule has 45 heavy (non-hydrogen) atoms. The summed E-state index contributed by atoms with van der Waals surface area (Å²) in [6.07, 6.45) is 7.22. The zero-order valence-electron chi connectivity index (χ0n) is 24.6. The van der Waals surface area contributed by atoms with Gasteiger partial charge in [0.05, 0.1) is 16.3 Å². The summed E-state index contributed by atoms with van der Waals surface area (Å²) in [6, 6.07) is 23.2. The third-order valence-electron chi connectivity index (χ3n) is 7.79. The lowest BCUT2D eigenvalue weighted by Gasteiger charge is -2.32. The van der Waals surface area contributed by atoms with Gasteiger partial charge in [0.2, 0.25) is 5.95 Å². The number of carbonyl (C=O) groups excluding carboxylic acids is 3. The summed E-state index contributed by atoms with van der Waals surface area (Å²) in [4.78, 5) is 52.2. The van der Waals surface area contributed by atoms with Crippen LogP contribution in [0.15, 0.2) is 90.1 Å². The first-order valence-electron chi connectivity index (χ1n) is 14.9. The number of anilines is 1. The van der Waals surface area contributed by atoms with Gasteiger partial charge in [0.25, 0.3) is 17.1 Å². The fourth-order valence-corrected chi connectivity index (χ4v) is 5.97. The van der Waals surface area contributed by atoms with E-state index in [9.17, 15) is 14.4 Å². The number of hydrogen-bond acceptors (Lipinski definition) is 9. The Morgan fingerprint density at radius 1 is 0.956 bits per heavy atom. The zero-order valence-corrected chi connectivity index (χ0v) is 25.4. The number of imide groups is 1. The molecule has 0 unspecified atom stereocenters. The van der Waals surface area contributed by atoms with Crippen LogP contribution >= 0.6 is 11.8 Å². The first-order chi connectivity index (χ1) is 22.0. The maximum Gasteiger partial charge on any atom is 0.290 e. The average Bonchev–Trinajstić information content (AvgIpc) is 3.40. The second-order valence-electron chi connectivity index (χ2n) is 11.0. The molecule has 0 radical (unpaired) electrons. The summed E-state index contributed by atoms with van der Waals surface area (Å²) in [7, 11) is 0.